The molecular formula is C19H22FN3O2. The fourth-order valence-corrected chi connectivity index (χ4v) is 2.33. The van der Waals surface area contributed by atoms with Gasteiger partial charge in [-0.05, 0) is 55.7 Å². The number of rotatable bonds is 5. The monoisotopic (exact) mass is 343 g/mol. The summed E-state index contributed by atoms with van der Waals surface area (Å²) in [5.74, 6) is -0.459. The number of halogens is 1. The number of carbonyl (C=O) groups is 2. The molecule has 0 atom stereocenters. The van der Waals surface area contributed by atoms with E-state index in [0.717, 1.165) is 11.1 Å². The molecule has 0 spiro atoms. The molecule has 0 aromatic heterocycles. The van der Waals surface area contributed by atoms with E-state index >= 15 is 0 Å². The van der Waals surface area contributed by atoms with Gasteiger partial charge in [0, 0.05) is 24.3 Å². The average molecular weight is 343 g/mol. The van der Waals surface area contributed by atoms with E-state index < -0.39 is 6.03 Å². The van der Waals surface area contributed by atoms with Gasteiger partial charge in [0.1, 0.15) is 5.82 Å². The molecule has 2 rings (SSSR count). The predicted octanol–water partition coefficient (Wildman–Crippen LogP) is 3.51. The van der Waals surface area contributed by atoms with Gasteiger partial charge in [-0.2, -0.15) is 0 Å². The van der Waals surface area contributed by atoms with Crippen LogP contribution in [0.1, 0.15) is 34.0 Å². The van der Waals surface area contributed by atoms with E-state index in [2.05, 4.69) is 16.0 Å². The van der Waals surface area contributed by atoms with Crippen LogP contribution in [0.4, 0.5) is 14.9 Å². The topological polar surface area (TPSA) is 70.2 Å². The van der Waals surface area contributed by atoms with E-state index in [1.807, 2.05) is 13.8 Å². The van der Waals surface area contributed by atoms with Gasteiger partial charge < -0.3 is 16.0 Å². The maximum atomic E-state index is 13.3. The Hall–Kier alpha value is -2.89. The highest BCUT2D eigenvalue weighted by Crippen LogP contribution is 2.17. The zero-order valence-electron chi connectivity index (χ0n) is 14.6. The van der Waals surface area contributed by atoms with E-state index in [1.54, 1.807) is 37.3 Å². The van der Waals surface area contributed by atoms with E-state index in [0.29, 0.717) is 23.4 Å². The fourth-order valence-electron chi connectivity index (χ4n) is 2.33. The van der Waals surface area contributed by atoms with E-state index in [4.69, 9.17) is 0 Å². The maximum absolute atomic E-state index is 13.3. The van der Waals surface area contributed by atoms with Crippen LogP contribution >= 0.6 is 0 Å². The van der Waals surface area contributed by atoms with Gasteiger partial charge in [-0.25, -0.2) is 9.18 Å². The van der Waals surface area contributed by atoms with Crippen LogP contribution < -0.4 is 16.0 Å². The van der Waals surface area contributed by atoms with Crippen LogP contribution in [0.2, 0.25) is 0 Å². The lowest BCUT2D eigenvalue weighted by Gasteiger charge is -2.12. The Bertz CT molecular complexity index is 790. The summed E-state index contributed by atoms with van der Waals surface area (Å²) in [6, 6.07) is 9.44. The van der Waals surface area contributed by atoms with Crippen LogP contribution in [0, 0.1) is 19.7 Å². The Morgan fingerprint density at radius 2 is 1.76 bits per heavy atom. The molecule has 0 unspecified atom stereocenters. The first-order chi connectivity index (χ1) is 11.9. The standard InChI is InChI=1S/C19H22FN3O2/c1-4-21-18(24)15-7-5-12(2)17(10-15)23-19(25)22-11-14-6-8-16(20)13(3)9-14/h5-10H,4,11H2,1-3H3,(H,21,24)(H2,22,23,25). The lowest BCUT2D eigenvalue weighted by Crippen LogP contribution is -2.29. The van der Waals surface area contributed by atoms with Crippen molar-refractivity contribution in [3.63, 3.8) is 0 Å². The Kier molecular flexibility index (Phi) is 6.11. The minimum absolute atomic E-state index is 0.187. The summed E-state index contributed by atoms with van der Waals surface area (Å²) in [5.41, 5.74) is 3.24. The molecule has 0 aliphatic rings. The molecule has 0 bridgehead atoms. The zero-order valence-corrected chi connectivity index (χ0v) is 14.6. The van der Waals surface area contributed by atoms with Gasteiger partial charge in [0.2, 0.25) is 0 Å². The first-order valence-electron chi connectivity index (χ1n) is 8.09. The van der Waals surface area contributed by atoms with Gasteiger partial charge >= 0.3 is 6.03 Å². The summed E-state index contributed by atoms with van der Waals surface area (Å²) in [7, 11) is 0. The van der Waals surface area contributed by atoms with Crippen molar-refractivity contribution in [1.82, 2.24) is 10.6 Å². The highest BCUT2D eigenvalue weighted by molar-refractivity contribution is 5.97. The number of benzene rings is 2. The quantitative estimate of drug-likeness (QED) is 0.777. The van der Waals surface area contributed by atoms with Crippen molar-refractivity contribution in [3.8, 4) is 0 Å². The molecule has 6 heteroatoms. The van der Waals surface area contributed by atoms with Gasteiger partial charge in [-0.3, -0.25) is 4.79 Å². The lowest BCUT2D eigenvalue weighted by atomic mass is 10.1. The number of nitrogens with one attached hydrogen (secondary N) is 3. The molecule has 5 nitrogen and oxygen atoms in total. The second-order valence-electron chi connectivity index (χ2n) is 5.78. The van der Waals surface area contributed by atoms with Crippen molar-refractivity contribution in [2.75, 3.05) is 11.9 Å². The predicted molar refractivity (Wildman–Crippen MR) is 96.2 cm³/mol. The van der Waals surface area contributed by atoms with Crippen molar-refractivity contribution in [3.05, 3.63) is 64.5 Å². The molecule has 2 aromatic carbocycles. The summed E-state index contributed by atoms with van der Waals surface area (Å²) in [5, 5.41) is 8.18. The molecule has 0 saturated carbocycles. The molecule has 0 saturated heterocycles. The third-order valence-electron chi connectivity index (χ3n) is 3.76. The van der Waals surface area contributed by atoms with Gasteiger partial charge in [0.25, 0.3) is 5.91 Å². The summed E-state index contributed by atoms with van der Waals surface area (Å²) in [6.45, 7) is 6.18. The molecule has 0 heterocycles. The Labute approximate surface area is 146 Å². The molecule has 3 N–H and O–H groups in total. The van der Waals surface area contributed by atoms with Crippen molar-refractivity contribution >= 4 is 17.6 Å². The molecule has 132 valence electrons. The van der Waals surface area contributed by atoms with Crippen molar-refractivity contribution < 1.29 is 14.0 Å². The normalized spacial score (nSPS) is 10.2. The lowest BCUT2D eigenvalue weighted by molar-refractivity contribution is 0.0956. The van der Waals surface area contributed by atoms with Crippen molar-refractivity contribution in [2.24, 2.45) is 0 Å². The molecule has 2 aromatic rings. The number of anilines is 1. The summed E-state index contributed by atoms with van der Waals surface area (Å²) >= 11 is 0. The minimum Gasteiger partial charge on any atom is -0.352 e. The highest BCUT2D eigenvalue weighted by atomic mass is 19.1. The number of carbonyl (C=O) groups excluding carboxylic acids is 2. The average Bonchev–Trinajstić information content (AvgIpc) is 2.58. The van der Waals surface area contributed by atoms with Gasteiger partial charge in [0.05, 0.1) is 0 Å². The zero-order chi connectivity index (χ0) is 18.4. The summed E-state index contributed by atoms with van der Waals surface area (Å²) < 4.78 is 13.3. The van der Waals surface area contributed by atoms with E-state index in [9.17, 15) is 14.0 Å². The number of hydrogen-bond donors (Lipinski definition) is 3. The molecule has 0 radical (unpaired) electrons. The minimum atomic E-state index is -0.391. The molecular weight excluding hydrogens is 321 g/mol. The smallest absolute Gasteiger partial charge is 0.319 e. The highest BCUT2D eigenvalue weighted by Gasteiger charge is 2.10. The number of aryl methyl sites for hydroxylation is 2. The van der Waals surface area contributed by atoms with E-state index in [1.165, 1.54) is 6.07 Å². The van der Waals surface area contributed by atoms with Crippen LogP contribution in [0.15, 0.2) is 36.4 Å². The second-order valence-corrected chi connectivity index (χ2v) is 5.78. The SMILES string of the molecule is CCNC(=O)c1ccc(C)c(NC(=O)NCc2ccc(F)c(C)c2)c1. The van der Waals surface area contributed by atoms with Gasteiger partial charge in [-0.15, -0.1) is 0 Å². The van der Waals surface area contributed by atoms with Gasteiger partial charge in [0.15, 0.2) is 0 Å². The van der Waals surface area contributed by atoms with Crippen molar-refractivity contribution in [1.29, 1.82) is 0 Å². The van der Waals surface area contributed by atoms with Crippen LogP contribution in [-0.4, -0.2) is 18.5 Å². The number of hydrogen-bond acceptors (Lipinski definition) is 2. The number of amides is 3. The molecule has 0 aliphatic carbocycles. The first kappa shape index (κ1) is 18.4. The van der Waals surface area contributed by atoms with Crippen LogP contribution in [0.3, 0.4) is 0 Å². The second kappa shape index (κ2) is 8.28. The van der Waals surface area contributed by atoms with Gasteiger partial charge in [-0.1, -0.05) is 18.2 Å². The Morgan fingerprint density at radius 3 is 2.44 bits per heavy atom. The van der Waals surface area contributed by atoms with Crippen LogP contribution in [-0.2, 0) is 6.54 Å². The Morgan fingerprint density at radius 1 is 1.00 bits per heavy atom. The molecule has 3 amide bonds. The molecule has 25 heavy (non-hydrogen) atoms. The van der Waals surface area contributed by atoms with Crippen LogP contribution in [0.5, 0.6) is 0 Å². The largest absolute Gasteiger partial charge is 0.352 e. The Balaban J connectivity index is 2.00. The third-order valence-corrected chi connectivity index (χ3v) is 3.76. The summed E-state index contributed by atoms with van der Waals surface area (Å²) in [4.78, 5) is 24.0. The maximum Gasteiger partial charge on any atom is 0.319 e. The third kappa shape index (κ3) is 5.04. The van der Waals surface area contributed by atoms with Crippen LogP contribution in [0.25, 0.3) is 0 Å². The number of urea groups is 1. The van der Waals surface area contributed by atoms with Crippen molar-refractivity contribution in [2.45, 2.75) is 27.3 Å². The summed E-state index contributed by atoms with van der Waals surface area (Å²) in [6.07, 6.45) is 0. The van der Waals surface area contributed by atoms with E-state index in [-0.39, 0.29) is 18.3 Å². The first-order valence-corrected chi connectivity index (χ1v) is 8.09. The molecule has 0 fully saturated rings. The molecule has 0 aliphatic heterocycles. The fraction of sp³-hybridized carbons (Fsp3) is 0.263.